The number of nitrogens with one attached hydrogen (secondary N) is 2. The maximum Gasteiger partial charge on any atom is 0.251 e. The molecule has 0 unspecified atom stereocenters. The summed E-state index contributed by atoms with van der Waals surface area (Å²) >= 11 is 7.25. The van der Waals surface area contributed by atoms with Gasteiger partial charge < -0.3 is 10.6 Å². The monoisotopic (exact) mass is 364 g/mol. The summed E-state index contributed by atoms with van der Waals surface area (Å²) in [6.07, 6.45) is 0. The number of benzene rings is 1. The summed E-state index contributed by atoms with van der Waals surface area (Å²) in [7, 11) is 0. The van der Waals surface area contributed by atoms with Crippen molar-refractivity contribution in [2.75, 3.05) is 6.54 Å². The molecule has 2 N–H and O–H groups in total. The van der Waals surface area contributed by atoms with E-state index >= 15 is 0 Å². The van der Waals surface area contributed by atoms with Crippen molar-refractivity contribution in [2.24, 2.45) is 0 Å². The van der Waals surface area contributed by atoms with Crippen LogP contribution in [-0.4, -0.2) is 18.4 Å². The van der Waals surface area contributed by atoms with Gasteiger partial charge in [-0.05, 0) is 35.2 Å². The van der Waals surface area contributed by atoms with Crippen LogP contribution in [0.1, 0.15) is 41.6 Å². The first-order valence-electron chi connectivity index (χ1n) is 7.65. The fourth-order valence-electron chi connectivity index (χ4n) is 2.08. The van der Waals surface area contributed by atoms with Gasteiger partial charge in [0.05, 0.1) is 17.4 Å². The van der Waals surface area contributed by atoms with E-state index in [-0.39, 0.29) is 23.8 Å². The van der Waals surface area contributed by atoms with E-state index in [9.17, 15) is 9.59 Å². The molecule has 0 saturated carbocycles. The molecule has 0 bridgehead atoms. The smallest absolute Gasteiger partial charge is 0.251 e. The molecule has 0 aliphatic heterocycles. The highest BCUT2D eigenvalue weighted by atomic mass is 35.5. The van der Waals surface area contributed by atoms with Crippen LogP contribution in [0.15, 0.2) is 36.4 Å². The Hall–Kier alpha value is -1.85. The van der Waals surface area contributed by atoms with Crippen LogP contribution in [0.3, 0.4) is 0 Å². The molecule has 24 heavy (non-hydrogen) atoms. The summed E-state index contributed by atoms with van der Waals surface area (Å²) in [6.45, 7) is 6.71. The summed E-state index contributed by atoms with van der Waals surface area (Å²) in [5.74, 6) is -0.496. The van der Waals surface area contributed by atoms with Crippen molar-refractivity contribution in [1.29, 1.82) is 0 Å². The maximum atomic E-state index is 12.1. The number of halogens is 1. The third-order valence-electron chi connectivity index (χ3n) is 3.51. The number of carbonyl (C=O) groups excluding carboxylic acids is 2. The fourth-order valence-corrected chi connectivity index (χ4v) is 3.11. The highest BCUT2D eigenvalue weighted by Crippen LogP contribution is 2.22. The van der Waals surface area contributed by atoms with Crippen LogP contribution < -0.4 is 10.6 Å². The van der Waals surface area contributed by atoms with Gasteiger partial charge in [0, 0.05) is 10.4 Å². The van der Waals surface area contributed by atoms with Gasteiger partial charge in [0.15, 0.2) is 0 Å². The van der Waals surface area contributed by atoms with Gasteiger partial charge in [0.2, 0.25) is 5.91 Å². The quantitative estimate of drug-likeness (QED) is 0.848. The van der Waals surface area contributed by atoms with Crippen molar-refractivity contribution in [2.45, 2.75) is 32.7 Å². The first-order chi connectivity index (χ1) is 11.3. The van der Waals surface area contributed by atoms with Crippen molar-refractivity contribution in [3.8, 4) is 0 Å². The topological polar surface area (TPSA) is 58.2 Å². The Morgan fingerprint density at radius 1 is 1.04 bits per heavy atom. The van der Waals surface area contributed by atoms with Crippen LogP contribution in [-0.2, 0) is 16.8 Å². The molecular weight excluding hydrogens is 344 g/mol. The fraction of sp³-hybridized carbons (Fsp3) is 0.333. The van der Waals surface area contributed by atoms with Crippen molar-refractivity contribution >= 4 is 34.8 Å². The van der Waals surface area contributed by atoms with Crippen molar-refractivity contribution < 1.29 is 9.59 Å². The number of thiophene rings is 1. The van der Waals surface area contributed by atoms with Gasteiger partial charge in [0.1, 0.15) is 0 Å². The van der Waals surface area contributed by atoms with Crippen LogP contribution in [0.5, 0.6) is 0 Å². The summed E-state index contributed by atoms with van der Waals surface area (Å²) in [6, 6.07) is 11.1. The number of rotatable bonds is 5. The minimum absolute atomic E-state index is 0.0413. The third kappa shape index (κ3) is 5.35. The largest absolute Gasteiger partial charge is 0.350 e. The second-order valence-electron chi connectivity index (χ2n) is 6.49. The zero-order chi connectivity index (χ0) is 17.7. The van der Waals surface area contributed by atoms with Crippen molar-refractivity contribution in [3.63, 3.8) is 0 Å². The molecule has 1 heterocycles. The van der Waals surface area contributed by atoms with Crippen molar-refractivity contribution in [3.05, 3.63) is 56.7 Å². The molecule has 2 amide bonds. The Morgan fingerprint density at radius 2 is 1.71 bits per heavy atom. The lowest BCUT2D eigenvalue weighted by atomic mass is 9.87. The Labute approximate surface area is 151 Å². The molecule has 1 aromatic heterocycles. The standard InChI is InChI=1S/C18H21ClN2O2S/c1-18(2,3)13-6-4-12(5-7-13)17(23)21-11-16(22)20-10-14-8-9-15(19)24-14/h4-9H,10-11H2,1-3H3,(H,20,22)(H,21,23). The van der Waals surface area contributed by atoms with Gasteiger partial charge in [-0.25, -0.2) is 0 Å². The molecule has 6 heteroatoms. The molecule has 1 aromatic carbocycles. The molecule has 0 atom stereocenters. The van der Waals surface area contributed by atoms with E-state index in [0.29, 0.717) is 16.4 Å². The predicted molar refractivity (Wildman–Crippen MR) is 98.7 cm³/mol. The van der Waals surface area contributed by atoms with E-state index in [2.05, 4.69) is 31.4 Å². The highest BCUT2D eigenvalue weighted by Gasteiger charge is 2.14. The first kappa shape index (κ1) is 18.5. The van der Waals surface area contributed by atoms with Crippen LogP contribution in [0.25, 0.3) is 0 Å². The zero-order valence-electron chi connectivity index (χ0n) is 14.0. The normalized spacial score (nSPS) is 11.2. The highest BCUT2D eigenvalue weighted by molar-refractivity contribution is 7.16. The minimum atomic E-state index is -0.259. The summed E-state index contributed by atoms with van der Waals surface area (Å²) < 4.78 is 0.686. The lowest BCUT2D eigenvalue weighted by Gasteiger charge is -2.19. The molecular formula is C18H21ClN2O2S. The number of carbonyl (C=O) groups is 2. The summed E-state index contributed by atoms with van der Waals surface area (Å²) in [5, 5.41) is 5.37. The van der Waals surface area contributed by atoms with Gasteiger partial charge >= 0.3 is 0 Å². The second kappa shape index (κ2) is 7.81. The van der Waals surface area contributed by atoms with Crippen LogP contribution in [0, 0.1) is 0 Å². The lowest BCUT2D eigenvalue weighted by Crippen LogP contribution is -2.36. The Balaban J connectivity index is 1.80. The van der Waals surface area contributed by atoms with Crippen LogP contribution >= 0.6 is 22.9 Å². The molecule has 0 aliphatic carbocycles. The average molecular weight is 365 g/mol. The predicted octanol–water partition coefficient (Wildman–Crippen LogP) is 3.75. The molecule has 4 nitrogen and oxygen atoms in total. The molecule has 0 spiro atoms. The van der Waals surface area contributed by atoms with E-state index in [0.717, 1.165) is 10.4 Å². The molecule has 0 saturated heterocycles. The Bertz CT molecular complexity index is 717. The van der Waals surface area contributed by atoms with E-state index < -0.39 is 0 Å². The molecule has 2 aromatic rings. The van der Waals surface area contributed by atoms with Crippen molar-refractivity contribution in [1.82, 2.24) is 10.6 Å². The van der Waals surface area contributed by atoms with Crippen LogP contribution in [0.4, 0.5) is 0 Å². The first-order valence-corrected chi connectivity index (χ1v) is 8.85. The lowest BCUT2D eigenvalue weighted by molar-refractivity contribution is -0.120. The van der Waals surface area contributed by atoms with Gasteiger partial charge in [0.25, 0.3) is 5.91 Å². The van der Waals surface area contributed by atoms with Gasteiger partial charge in [-0.2, -0.15) is 0 Å². The van der Waals surface area contributed by atoms with E-state index in [1.807, 2.05) is 18.2 Å². The second-order valence-corrected chi connectivity index (χ2v) is 8.29. The van der Waals surface area contributed by atoms with Gasteiger partial charge in [-0.1, -0.05) is 44.5 Å². The molecule has 0 fully saturated rings. The van der Waals surface area contributed by atoms with Gasteiger partial charge in [-0.15, -0.1) is 11.3 Å². The van der Waals surface area contributed by atoms with E-state index in [4.69, 9.17) is 11.6 Å². The van der Waals surface area contributed by atoms with Crippen LogP contribution in [0.2, 0.25) is 4.34 Å². The molecule has 128 valence electrons. The van der Waals surface area contributed by atoms with E-state index in [1.165, 1.54) is 11.3 Å². The van der Waals surface area contributed by atoms with E-state index in [1.54, 1.807) is 18.2 Å². The molecule has 2 rings (SSSR count). The number of hydrogen-bond donors (Lipinski definition) is 2. The SMILES string of the molecule is CC(C)(C)c1ccc(C(=O)NCC(=O)NCc2ccc(Cl)s2)cc1. The third-order valence-corrected chi connectivity index (χ3v) is 4.74. The Morgan fingerprint density at radius 3 is 2.25 bits per heavy atom. The molecule has 0 radical (unpaired) electrons. The average Bonchev–Trinajstić information content (AvgIpc) is 2.95. The maximum absolute atomic E-state index is 12.1. The van der Waals surface area contributed by atoms with Gasteiger partial charge in [-0.3, -0.25) is 9.59 Å². The summed E-state index contributed by atoms with van der Waals surface area (Å²) in [5.41, 5.74) is 1.74. The summed E-state index contributed by atoms with van der Waals surface area (Å²) in [4.78, 5) is 24.8. The molecule has 0 aliphatic rings. The zero-order valence-corrected chi connectivity index (χ0v) is 15.6. The Kier molecular flexibility index (Phi) is 6.02. The number of amides is 2. The minimum Gasteiger partial charge on any atom is -0.350 e. The number of hydrogen-bond acceptors (Lipinski definition) is 3.